The third-order valence-corrected chi connectivity index (χ3v) is 2.39. The van der Waals surface area contributed by atoms with Crippen LogP contribution in [0.3, 0.4) is 0 Å². The molecule has 2 N–H and O–H groups in total. The summed E-state index contributed by atoms with van der Waals surface area (Å²) in [5.74, 6) is -1.12. The van der Waals surface area contributed by atoms with E-state index in [0.29, 0.717) is 10.8 Å². The zero-order valence-corrected chi connectivity index (χ0v) is 10.4. The van der Waals surface area contributed by atoms with Gasteiger partial charge in [-0.2, -0.15) is 0 Å². The highest BCUT2D eigenvalue weighted by atomic mass is 35.5. The molecule has 1 rings (SSSR count). The molecule has 1 heterocycles. The summed E-state index contributed by atoms with van der Waals surface area (Å²) in [6, 6.07) is 3.07. The Bertz CT molecular complexity index is 406. The number of aromatic nitrogens is 1. The van der Waals surface area contributed by atoms with Crippen LogP contribution in [0.15, 0.2) is 18.3 Å². The van der Waals surface area contributed by atoms with E-state index in [1.807, 2.05) is 13.8 Å². The predicted octanol–water partition coefficient (Wildman–Crippen LogP) is 1.59. The van der Waals surface area contributed by atoms with Gasteiger partial charge in [0.1, 0.15) is 5.82 Å². The molecule has 0 bridgehead atoms. The molecule has 0 fully saturated rings. The molecule has 0 unspecified atom stereocenters. The Morgan fingerprint density at radius 3 is 2.65 bits per heavy atom. The molecule has 0 radical (unpaired) electrons. The minimum Gasteiger partial charge on any atom is -0.345 e. The van der Waals surface area contributed by atoms with Crippen molar-refractivity contribution < 1.29 is 9.59 Å². The van der Waals surface area contributed by atoms with Crippen LogP contribution in [-0.2, 0) is 9.59 Å². The predicted molar refractivity (Wildman–Crippen MR) is 65.8 cm³/mol. The second kappa shape index (κ2) is 6.20. The quantitative estimate of drug-likeness (QED) is 0.806. The number of carbonyl (C=O) groups is 2. The minimum atomic E-state index is -0.736. The van der Waals surface area contributed by atoms with E-state index in [-0.39, 0.29) is 6.04 Å². The Hall–Kier alpha value is -1.62. The van der Waals surface area contributed by atoms with Gasteiger partial charge >= 0.3 is 11.8 Å². The molecule has 2 amide bonds. The van der Waals surface area contributed by atoms with Gasteiger partial charge in [0.15, 0.2) is 0 Å². The number of rotatable bonds is 3. The van der Waals surface area contributed by atoms with Crippen LogP contribution in [0.25, 0.3) is 0 Å². The summed E-state index contributed by atoms with van der Waals surface area (Å²) in [7, 11) is 0. The smallest absolute Gasteiger partial charge is 0.314 e. The number of amides is 2. The maximum Gasteiger partial charge on any atom is 0.314 e. The summed E-state index contributed by atoms with van der Waals surface area (Å²) < 4.78 is 0. The monoisotopic (exact) mass is 255 g/mol. The Kier molecular flexibility index (Phi) is 4.90. The normalized spacial score (nSPS) is 11.7. The van der Waals surface area contributed by atoms with Gasteiger partial charge in [-0.25, -0.2) is 4.98 Å². The van der Waals surface area contributed by atoms with E-state index in [9.17, 15) is 9.59 Å². The third kappa shape index (κ3) is 4.40. The first-order valence-electron chi connectivity index (χ1n) is 5.26. The fraction of sp³-hybridized carbons (Fsp3) is 0.364. The fourth-order valence-corrected chi connectivity index (χ4v) is 1.13. The van der Waals surface area contributed by atoms with Crippen LogP contribution in [0, 0.1) is 0 Å². The number of carbonyl (C=O) groups excluding carboxylic acids is 2. The van der Waals surface area contributed by atoms with Gasteiger partial charge in [-0.3, -0.25) is 9.59 Å². The lowest BCUT2D eigenvalue weighted by atomic mass is 10.2. The van der Waals surface area contributed by atoms with Crippen LogP contribution in [0.4, 0.5) is 5.82 Å². The van der Waals surface area contributed by atoms with E-state index in [1.165, 1.54) is 12.3 Å². The lowest BCUT2D eigenvalue weighted by Gasteiger charge is -2.10. The van der Waals surface area contributed by atoms with E-state index in [4.69, 9.17) is 11.6 Å². The van der Waals surface area contributed by atoms with Crippen LogP contribution in [0.2, 0.25) is 5.02 Å². The molecule has 1 aromatic heterocycles. The maximum atomic E-state index is 11.5. The third-order valence-electron chi connectivity index (χ3n) is 2.17. The molecule has 0 saturated carbocycles. The average molecular weight is 256 g/mol. The van der Waals surface area contributed by atoms with Gasteiger partial charge in [-0.05, 0) is 25.5 Å². The van der Waals surface area contributed by atoms with Crippen LogP contribution in [0.5, 0.6) is 0 Å². The van der Waals surface area contributed by atoms with E-state index in [0.717, 1.165) is 6.42 Å². The van der Waals surface area contributed by atoms with Crippen molar-refractivity contribution in [2.45, 2.75) is 26.3 Å². The van der Waals surface area contributed by atoms with Crippen molar-refractivity contribution >= 4 is 29.2 Å². The molecular formula is C11H14ClN3O2. The zero-order valence-electron chi connectivity index (χ0n) is 9.66. The van der Waals surface area contributed by atoms with Crippen LogP contribution >= 0.6 is 11.6 Å². The summed E-state index contributed by atoms with van der Waals surface area (Å²) in [6.07, 6.45) is 2.15. The summed E-state index contributed by atoms with van der Waals surface area (Å²) in [5, 5.41) is 5.40. The number of hydrogen-bond acceptors (Lipinski definition) is 3. The first-order chi connectivity index (χ1) is 8.02. The number of nitrogens with one attached hydrogen (secondary N) is 2. The molecule has 0 aliphatic heterocycles. The average Bonchev–Trinajstić information content (AvgIpc) is 2.31. The van der Waals surface area contributed by atoms with Crippen molar-refractivity contribution in [2.24, 2.45) is 0 Å². The number of hydrogen-bond donors (Lipinski definition) is 2. The van der Waals surface area contributed by atoms with Crippen LogP contribution < -0.4 is 10.6 Å². The van der Waals surface area contributed by atoms with E-state index in [1.54, 1.807) is 6.07 Å². The molecule has 6 heteroatoms. The molecule has 17 heavy (non-hydrogen) atoms. The second-order valence-electron chi connectivity index (χ2n) is 3.60. The van der Waals surface area contributed by atoms with Gasteiger partial charge in [-0.1, -0.05) is 18.5 Å². The van der Waals surface area contributed by atoms with Crippen molar-refractivity contribution in [1.82, 2.24) is 10.3 Å². The van der Waals surface area contributed by atoms with Gasteiger partial charge in [0.2, 0.25) is 0 Å². The number of anilines is 1. The number of nitrogens with zero attached hydrogens (tertiary/aromatic N) is 1. The topological polar surface area (TPSA) is 71.1 Å². The largest absolute Gasteiger partial charge is 0.345 e. The summed E-state index contributed by atoms with van der Waals surface area (Å²) >= 11 is 5.64. The minimum absolute atomic E-state index is 0.0357. The van der Waals surface area contributed by atoms with Gasteiger partial charge in [0, 0.05) is 12.2 Å². The van der Waals surface area contributed by atoms with Crippen LogP contribution in [0.1, 0.15) is 20.3 Å². The molecule has 0 saturated heterocycles. The molecule has 92 valence electrons. The first kappa shape index (κ1) is 13.4. The van der Waals surface area contributed by atoms with Gasteiger partial charge in [0.05, 0.1) is 5.02 Å². The van der Waals surface area contributed by atoms with Crippen LogP contribution in [-0.4, -0.2) is 22.8 Å². The van der Waals surface area contributed by atoms with Crippen molar-refractivity contribution in [1.29, 1.82) is 0 Å². The Morgan fingerprint density at radius 2 is 2.12 bits per heavy atom. The lowest BCUT2D eigenvalue weighted by molar-refractivity contribution is -0.136. The fourth-order valence-electron chi connectivity index (χ4n) is 1.01. The van der Waals surface area contributed by atoms with Gasteiger partial charge < -0.3 is 10.6 Å². The summed E-state index contributed by atoms with van der Waals surface area (Å²) in [6.45, 7) is 3.75. The molecule has 0 aliphatic carbocycles. The highest BCUT2D eigenvalue weighted by molar-refractivity contribution is 6.39. The summed E-state index contributed by atoms with van der Waals surface area (Å²) in [5.41, 5.74) is 0. The van der Waals surface area contributed by atoms with Crippen molar-refractivity contribution in [2.75, 3.05) is 5.32 Å². The highest BCUT2D eigenvalue weighted by Crippen LogP contribution is 2.09. The van der Waals surface area contributed by atoms with Crippen molar-refractivity contribution in [3.05, 3.63) is 23.4 Å². The van der Waals surface area contributed by atoms with E-state index in [2.05, 4.69) is 15.6 Å². The Balaban J connectivity index is 2.54. The standard InChI is InChI=1S/C11H14ClN3O2/c1-3-7(2)14-10(16)11(17)15-9-5-4-8(12)6-13-9/h4-7H,3H2,1-2H3,(H,14,16)(H,13,15,17)/t7-/m0/s1. The molecule has 1 aromatic rings. The van der Waals surface area contributed by atoms with E-state index < -0.39 is 11.8 Å². The molecule has 0 aliphatic rings. The van der Waals surface area contributed by atoms with Crippen molar-refractivity contribution in [3.8, 4) is 0 Å². The molecular weight excluding hydrogens is 242 g/mol. The van der Waals surface area contributed by atoms with Gasteiger partial charge in [0.25, 0.3) is 0 Å². The van der Waals surface area contributed by atoms with E-state index >= 15 is 0 Å². The molecule has 5 nitrogen and oxygen atoms in total. The Labute approximate surface area is 105 Å². The van der Waals surface area contributed by atoms with Gasteiger partial charge in [-0.15, -0.1) is 0 Å². The zero-order chi connectivity index (χ0) is 12.8. The first-order valence-corrected chi connectivity index (χ1v) is 5.64. The number of halogens is 1. The molecule has 0 spiro atoms. The lowest BCUT2D eigenvalue weighted by Crippen LogP contribution is -2.40. The molecule has 0 aromatic carbocycles. The second-order valence-corrected chi connectivity index (χ2v) is 4.03. The Morgan fingerprint density at radius 1 is 1.41 bits per heavy atom. The summed E-state index contributed by atoms with van der Waals surface area (Å²) in [4.78, 5) is 26.7. The van der Waals surface area contributed by atoms with Crippen molar-refractivity contribution in [3.63, 3.8) is 0 Å². The number of pyridine rings is 1. The molecule has 1 atom stereocenters. The SMILES string of the molecule is CC[C@H](C)NC(=O)C(=O)Nc1ccc(Cl)cn1. The highest BCUT2D eigenvalue weighted by Gasteiger charge is 2.15. The maximum absolute atomic E-state index is 11.5.